The van der Waals surface area contributed by atoms with Gasteiger partial charge in [0.05, 0.1) is 44.7 Å². The van der Waals surface area contributed by atoms with E-state index in [4.69, 9.17) is 18.9 Å². The van der Waals surface area contributed by atoms with Crippen molar-refractivity contribution >= 4 is 23.8 Å². The number of imidazole rings is 1. The van der Waals surface area contributed by atoms with Crippen LogP contribution >= 0.6 is 0 Å². The molecule has 0 radical (unpaired) electrons. The lowest BCUT2D eigenvalue weighted by atomic mass is 9.83. The fourth-order valence-electron chi connectivity index (χ4n) is 6.86. The van der Waals surface area contributed by atoms with Crippen molar-refractivity contribution < 1.29 is 43.2 Å². The Balaban J connectivity index is 1.48. The molecule has 2 unspecified atom stereocenters. The Morgan fingerprint density at radius 1 is 1.06 bits per heavy atom. The van der Waals surface area contributed by atoms with Crippen molar-refractivity contribution in [2.75, 3.05) is 60.4 Å². The number of aromatic amines is 1. The summed E-state index contributed by atoms with van der Waals surface area (Å²) in [5.41, 5.74) is 1.50. The molecule has 1 saturated carbocycles. The zero-order chi connectivity index (χ0) is 38.0. The van der Waals surface area contributed by atoms with Crippen LogP contribution in [0.5, 0.6) is 0 Å². The summed E-state index contributed by atoms with van der Waals surface area (Å²) in [5.74, 6) is -1.69. The largest absolute Gasteiger partial charge is 0.441 e. The van der Waals surface area contributed by atoms with Crippen molar-refractivity contribution in [2.24, 2.45) is 11.8 Å². The quantitative estimate of drug-likeness (QED) is 0.0975. The minimum atomic E-state index is -1.15. The monoisotopic (exact) mass is 742 g/mol. The average molecular weight is 743 g/mol. The third-order valence-electron chi connectivity index (χ3n) is 10.0. The first-order chi connectivity index (χ1) is 25.7. The molecule has 53 heavy (non-hydrogen) atoms. The third kappa shape index (κ3) is 13.7. The Bertz CT molecular complexity index is 1390. The highest BCUT2D eigenvalue weighted by molar-refractivity contribution is 5.91. The molecule has 2 heterocycles. The van der Waals surface area contributed by atoms with Gasteiger partial charge in [-0.15, -0.1) is 0 Å². The molecular formula is C38H58N6O9. The van der Waals surface area contributed by atoms with Crippen molar-refractivity contribution in [3.8, 4) is 0 Å². The highest BCUT2D eigenvalue weighted by atomic mass is 16.7. The third-order valence-corrected chi connectivity index (χ3v) is 10.0. The SMILES string of the molecule is CCN1CC(C(O)[C@H](CC2CCCCC2)NC(=O)[C@H](Cc2cnc[nH]2)NC(=O)[C@@H](CC(=O)N(C)CCOCOCCOC)Cc2ccccc2)OC1=O. The van der Waals surface area contributed by atoms with Crippen molar-refractivity contribution in [2.45, 2.75) is 89.0 Å². The number of methoxy groups -OCH3 is 1. The van der Waals surface area contributed by atoms with Crippen LogP contribution in [-0.4, -0.2) is 133 Å². The molecule has 2 aromatic rings. The van der Waals surface area contributed by atoms with E-state index in [0.29, 0.717) is 38.4 Å². The summed E-state index contributed by atoms with van der Waals surface area (Å²) in [7, 11) is 3.24. The fraction of sp³-hybridized carbons (Fsp3) is 0.658. The molecule has 2 aliphatic rings. The number of hydrogen-bond donors (Lipinski definition) is 4. The van der Waals surface area contributed by atoms with Crippen molar-refractivity contribution in [1.29, 1.82) is 0 Å². The molecule has 294 valence electrons. The molecule has 4 amide bonds. The van der Waals surface area contributed by atoms with Crippen LogP contribution in [-0.2, 0) is 46.2 Å². The summed E-state index contributed by atoms with van der Waals surface area (Å²) in [4.78, 5) is 64.3. The smallest absolute Gasteiger partial charge is 0.410 e. The Labute approximate surface area is 312 Å². The number of nitrogens with one attached hydrogen (secondary N) is 3. The van der Waals surface area contributed by atoms with E-state index in [-0.39, 0.29) is 51.0 Å². The number of carbonyl (C=O) groups is 4. The Kier molecular flexibility index (Phi) is 17.5. The summed E-state index contributed by atoms with van der Waals surface area (Å²) in [6.07, 6.45) is 6.71. The van der Waals surface area contributed by atoms with E-state index in [9.17, 15) is 24.3 Å². The van der Waals surface area contributed by atoms with Crippen LogP contribution in [0, 0.1) is 11.8 Å². The fourth-order valence-corrected chi connectivity index (χ4v) is 6.86. The first-order valence-electron chi connectivity index (χ1n) is 18.8. The molecule has 15 nitrogen and oxygen atoms in total. The van der Waals surface area contributed by atoms with Gasteiger partial charge in [0.15, 0.2) is 0 Å². The van der Waals surface area contributed by atoms with Crippen LogP contribution in [0.15, 0.2) is 42.9 Å². The van der Waals surface area contributed by atoms with Crippen molar-refractivity contribution in [3.05, 3.63) is 54.1 Å². The minimum absolute atomic E-state index is 0.0751. The lowest BCUT2D eigenvalue weighted by Gasteiger charge is -2.33. The number of amides is 4. The van der Waals surface area contributed by atoms with E-state index in [1.165, 1.54) is 16.1 Å². The number of aliphatic hydroxyl groups excluding tert-OH is 1. The number of H-pyrrole nitrogens is 1. The molecule has 0 bridgehead atoms. The Hall–Kier alpha value is -4.05. The molecule has 1 saturated heterocycles. The van der Waals surface area contributed by atoms with Crippen LogP contribution in [0.2, 0.25) is 0 Å². The predicted molar refractivity (Wildman–Crippen MR) is 195 cm³/mol. The van der Waals surface area contributed by atoms with E-state index < -0.39 is 48.1 Å². The van der Waals surface area contributed by atoms with Gasteiger partial charge in [0, 0.05) is 52.0 Å². The number of benzene rings is 1. The summed E-state index contributed by atoms with van der Waals surface area (Å²) in [5, 5.41) is 17.6. The van der Waals surface area contributed by atoms with Gasteiger partial charge in [-0.2, -0.15) is 0 Å². The number of ether oxygens (including phenoxy) is 4. The van der Waals surface area contributed by atoms with Crippen LogP contribution in [0.1, 0.15) is 63.1 Å². The van der Waals surface area contributed by atoms with Crippen molar-refractivity contribution in [3.63, 3.8) is 0 Å². The van der Waals surface area contributed by atoms with E-state index in [0.717, 1.165) is 37.7 Å². The second-order valence-corrected chi connectivity index (χ2v) is 14.0. The number of hydrogen-bond acceptors (Lipinski definition) is 10. The molecular weight excluding hydrogens is 684 g/mol. The van der Waals surface area contributed by atoms with Gasteiger partial charge < -0.3 is 49.5 Å². The molecule has 1 aromatic heterocycles. The number of rotatable bonds is 23. The summed E-state index contributed by atoms with van der Waals surface area (Å²) in [6, 6.07) is 7.65. The second-order valence-electron chi connectivity index (χ2n) is 14.0. The standard InChI is InChI=1S/C38H58N6O9/c1-4-44-24-33(53-38(44)49)35(46)31(20-28-13-9-6-10-14-28)41-37(48)32(22-30-23-39-25-40-30)42-36(47)29(19-27-11-7-5-8-12-27)21-34(45)43(2)15-16-51-26-52-18-17-50-3/h5,7-8,11-12,23,25,28-29,31-33,35,46H,4,6,9-10,13-22,24,26H2,1-3H3,(H,39,40)(H,41,48)(H,42,47)/t29-,31+,32+,33?,35?/m1/s1. The molecule has 1 aliphatic heterocycles. The zero-order valence-corrected chi connectivity index (χ0v) is 31.4. The molecule has 2 fully saturated rings. The van der Waals surface area contributed by atoms with E-state index >= 15 is 0 Å². The van der Waals surface area contributed by atoms with Gasteiger partial charge in [0.25, 0.3) is 0 Å². The molecule has 0 spiro atoms. The van der Waals surface area contributed by atoms with Crippen LogP contribution in [0.25, 0.3) is 0 Å². The molecule has 5 atom stereocenters. The lowest BCUT2D eigenvalue weighted by Crippen LogP contribution is -2.57. The Morgan fingerprint density at radius 2 is 1.81 bits per heavy atom. The van der Waals surface area contributed by atoms with Gasteiger partial charge >= 0.3 is 6.09 Å². The van der Waals surface area contributed by atoms with Gasteiger partial charge in [-0.3, -0.25) is 14.4 Å². The number of carbonyl (C=O) groups excluding carboxylic acids is 4. The first-order valence-corrected chi connectivity index (χ1v) is 18.8. The van der Waals surface area contributed by atoms with Gasteiger partial charge in [-0.05, 0) is 31.2 Å². The van der Waals surface area contributed by atoms with E-state index in [1.807, 2.05) is 37.3 Å². The predicted octanol–water partition coefficient (Wildman–Crippen LogP) is 2.44. The maximum absolute atomic E-state index is 14.2. The maximum atomic E-state index is 14.2. The zero-order valence-electron chi connectivity index (χ0n) is 31.4. The molecule has 4 rings (SSSR count). The van der Waals surface area contributed by atoms with Crippen LogP contribution < -0.4 is 10.6 Å². The summed E-state index contributed by atoms with van der Waals surface area (Å²) >= 11 is 0. The number of nitrogens with zero attached hydrogens (tertiary/aromatic N) is 3. The average Bonchev–Trinajstić information content (AvgIpc) is 3.83. The number of aromatic nitrogens is 2. The minimum Gasteiger partial charge on any atom is -0.441 e. The molecule has 1 aromatic carbocycles. The van der Waals surface area contributed by atoms with Gasteiger partial charge in [0.2, 0.25) is 17.7 Å². The maximum Gasteiger partial charge on any atom is 0.410 e. The molecule has 15 heteroatoms. The molecule has 4 N–H and O–H groups in total. The van der Waals surface area contributed by atoms with Crippen LogP contribution in [0.3, 0.4) is 0 Å². The van der Waals surface area contributed by atoms with Gasteiger partial charge in [-0.25, -0.2) is 9.78 Å². The van der Waals surface area contributed by atoms with Crippen LogP contribution in [0.4, 0.5) is 4.79 Å². The number of likely N-dealkylation sites (N-methyl/N-ethyl adjacent to an activating group) is 2. The van der Waals surface area contributed by atoms with Gasteiger partial charge in [0.1, 0.15) is 25.0 Å². The lowest BCUT2D eigenvalue weighted by molar-refractivity contribution is -0.137. The van der Waals surface area contributed by atoms with E-state index in [2.05, 4.69) is 20.6 Å². The Morgan fingerprint density at radius 3 is 2.49 bits per heavy atom. The van der Waals surface area contributed by atoms with Gasteiger partial charge in [-0.1, -0.05) is 62.4 Å². The topological polar surface area (TPSA) is 185 Å². The summed E-state index contributed by atoms with van der Waals surface area (Å²) < 4.78 is 21.3. The summed E-state index contributed by atoms with van der Waals surface area (Å²) in [6.45, 7) is 3.99. The second kappa shape index (κ2) is 22.2. The van der Waals surface area contributed by atoms with E-state index in [1.54, 1.807) is 20.4 Å². The molecule has 1 aliphatic carbocycles. The number of cyclic esters (lactones) is 1. The highest BCUT2D eigenvalue weighted by Gasteiger charge is 2.41. The first kappa shape index (κ1) is 41.7. The highest BCUT2D eigenvalue weighted by Crippen LogP contribution is 2.29. The number of aliphatic hydroxyl groups is 1. The normalized spacial score (nSPS) is 18.5. The van der Waals surface area contributed by atoms with Crippen molar-refractivity contribution in [1.82, 2.24) is 30.4 Å².